The Hall–Kier alpha value is -3.69. The summed E-state index contributed by atoms with van der Waals surface area (Å²) < 4.78 is 38.3. The van der Waals surface area contributed by atoms with Gasteiger partial charge in [0.2, 0.25) is 5.90 Å². The van der Waals surface area contributed by atoms with E-state index in [-0.39, 0.29) is 35.5 Å². The molecule has 9 heteroatoms. The van der Waals surface area contributed by atoms with Gasteiger partial charge in [0.05, 0.1) is 17.3 Å². The standard InChI is InChI=1S/C28H28N2O6S/c31-16-6-17-35-22-13-11-20(12-14-22)26-30-28(15-18-37(33,34)23-8-2-1-3-9-23)25(36-26)24-10-5-4-7-21(24)19-29-27(28)32/h1-5,7-14,25,31H,6,15-19H2,(H,29,32)/t25-,28-/m0/s1. The van der Waals surface area contributed by atoms with Crippen molar-refractivity contribution < 1.29 is 27.8 Å². The van der Waals surface area contributed by atoms with Crippen molar-refractivity contribution in [2.24, 2.45) is 4.99 Å². The van der Waals surface area contributed by atoms with Gasteiger partial charge in [0.15, 0.2) is 21.5 Å². The number of hydrogen-bond donors (Lipinski definition) is 2. The summed E-state index contributed by atoms with van der Waals surface area (Å²) in [7, 11) is -3.65. The molecule has 0 saturated heterocycles. The molecule has 3 aromatic rings. The third-order valence-electron chi connectivity index (χ3n) is 6.66. The zero-order chi connectivity index (χ0) is 25.9. The van der Waals surface area contributed by atoms with E-state index in [0.717, 1.165) is 11.1 Å². The Kier molecular flexibility index (Phi) is 6.99. The fourth-order valence-electron chi connectivity index (χ4n) is 4.66. The van der Waals surface area contributed by atoms with E-state index < -0.39 is 21.5 Å². The largest absolute Gasteiger partial charge is 0.494 e. The van der Waals surface area contributed by atoms with Crippen molar-refractivity contribution in [3.63, 3.8) is 0 Å². The van der Waals surface area contributed by atoms with Crippen molar-refractivity contribution in [3.05, 3.63) is 95.6 Å². The number of fused-ring (bicyclic) bond motifs is 3. The smallest absolute Gasteiger partial charge is 0.252 e. The summed E-state index contributed by atoms with van der Waals surface area (Å²) in [5, 5.41) is 11.9. The van der Waals surface area contributed by atoms with E-state index in [1.807, 2.05) is 24.3 Å². The Bertz CT molecular complexity index is 1410. The number of ether oxygens (including phenoxy) is 2. The number of carbonyl (C=O) groups excluding carboxylic acids is 1. The lowest BCUT2D eigenvalue weighted by molar-refractivity contribution is -0.128. The lowest BCUT2D eigenvalue weighted by Crippen LogP contribution is -2.47. The number of amides is 1. The molecule has 0 fully saturated rings. The molecule has 0 saturated carbocycles. The maximum Gasteiger partial charge on any atom is 0.252 e. The number of aliphatic imine (C=N–C) groups is 1. The maximum atomic E-state index is 13.6. The van der Waals surface area contributed by atoms with Crippen LogP contribution in [0.4, 0.5) is 0 Å². The van der Waals surface area contributed by atoms with E-state index in [2.05, 4.69) is 5.32 Å². The summed E-state index contributed by atoms with van der Waals surface area (Å²) in [5.74, 6) is 0.282. The number of carbonyl (C=O) groups is 1. The normalized spacial score (nSPS) is 20.6. The molecule has 2 aliphatic rings. The second-order valence-corrected chi connectivity index (χ2v) is 11.2. The van der Waals surface area contributed by atoms with Crippen molar-refractivity contribution in [1.82, 2.24) is 5.32 Å². The number of aliphatic hydroxyl groups is 1. The molecule has 3 aromatic carbocycles. The molecule has 192 valence electrons. The maximum absolute atomic E-state index is 13.6. The second-order valence-electron chi connectivity index (χ2n) is 9.05. The molecule has 0 spiro atoms. The van der Waals surface area contributed by atoms with Crippen LogP contribution >= 0.6 is 0 Å². The van der Waals surface area contributed by atoms with E-state index >= 15 is 0 Å². The number of sulfone groups is 1. The fourth-order valence-corrected chi connectivity index (χ4v) is 6.05. The highest BCUT2D eigenvalue weighted by Gasteiger charge is 2.55. The third kappa shape index (κ3) is 4.97. The minimum absolute atomic E-state index is 0.0408. The SMILES string of the molecule is O=C1NCc2ccccc2[C@@H]2OC(c3ccc(OCCCO)cc3)=N[C@]12CCS(=O)(=O)c1ccccc1. The number of benzene rings is 3. The van der Waals surface area contributed by atoms with Gasteiger partial charge in [0.25, 0.3) is 5.91 Å². The molecule has 37 heavy (non-hydrogen) atoms. The first kappa shape index (κ1) is 25.0. The van der Waals surface area contributed by atoms with Crippen LogP contribution in [-0.2, 0) is 25.9 Å². The highest BCUT2D eigenvalue weighted by Crippen LogP contribution is 2.45. The number of nitrogens with one attached hydrogen (secondary N) is 1. The highest BCUT2D eigenvalue weighted by molar-refractivity contribution is 7.91. The summed E-state index contributed by atoms with van der Waals surface area (Å²) in [4.78, 5) is 18.6. The van der Waals surface area contributed by atoms with Crippen molar-refractivity contribution in [2.45, 2.75) is 35.9 Å². The average Bonchev–Trinajstić information content (AvgIpc) is 3.28. The van der Waals surface area contributed by atoms with Crippen LogP contribution in [0.1, 0.15) is 35.6 Å². The first-order valence-corrected chi connectivity index (χ1v) is 13.8. The van der Waals surface area contributed by atoms with Crippen LogP contribution in [0.3, 0.4) is 0 Å². The van der Waals surface area contributed by atoms with Gasteiger partial charge in [-0.05, 0) is 42.0 Å². The molecule has 0 radical (unpaired) electrons. The van der Waals surface area contributed by atoms with Crippen LogP contribution in [0, 0.1) is 0 Å². The van der Waals surface area contributed by atoms with E-state index in [1.54, 1.807) is 54.6 Å². The molecule has 2 aliphatic heterocycles. The Morgan fingerprint density at radius 3 is 2.51 bits per heavy atom. The quantitative estimate of drug-likeness (QED) is 0.419. The van der Waals surface area contributed by atoms with Crippen LogP contribution in [-0.4, -0.2) is 49.8 Å². The lowest BCUT2D eigenvalue weighted by atomic mass is 9.85. The van der Waals surface area contributed by atoms with Crippen molar-refractivity contribution in [3.8, 4) is 5.75 Å². The minimum atomic E-state index is -3.65. The molecule has 2 atom stereocenters. The Morgan fingerprint density at radius 2 is 1.76 bits per heavy atom. The Labute approximate surface area is 215 Å². The van der Waals surface area contributed by atoms with Gasteiger partial charge in [-0.15, -0.1) is 0 Å². The average molecular weight is 521 g/mol. The van der Waals surface area contributed by atoms with Gasteiger partial charge in [-0.3, -0.25) is 4.79 Å². The number of nitrogens with zero attached hydrogens (tertiary/aromatic N) is 1. The van der Waals surface area contributed by atoms with Crippen LogP contribution in [0.5, 0.6) is 5.75 Å². The number of aliphatic hydroxyl groups excluding tert-OH is 1. The van der Waals surface area contributed by atoms with Gasteiger partial charge in [0, 0.05) is 37.1 Å². The first-order chi connectivity index (χ1) is 17.9. The van der Waals surface area contributed by atoms with E-state index in [9.17, 15) is 13.2 Å². The summed E-state index contributed by atoms with van der Waals surface area (Å²) in [6.07, 6.45) is -0.282. The third-order valence-corrected chi connectivity index (χ3v) is 8.39. The van der Waals surface area contributed by atoms with E-state index in [1.165, 1.54) is 0 Å². The number of rotatable bonds is 9. The minimum Gasteiger partial charge on any atom is -0.494 e. The summed E-state index contributed by atoms with van der Waals surface area (Å²) in [5.41, 5.74) is 0.914. The van der Waals surface area contributed by atoms with E-state index in [0.29, 0.717) is 30.9 Å². The van der Waals surface area contributed by atoms with Crippen LogP contribution < -0.4 is 10.1 Å². The van der Waals surface area contributed by atoms with Crippen LogP contribution in [0.15, 0.2) is 88.8 Å². The molecule has 8 nitrogen and oxygen atoms in total. The fraction of sp³-hybridized carbons (Fsp3) is 0.286. The molecule has 2 heterocycles. The van der Waals surface area contributed by atoms with E-state index in [4.69, 9.17) is 19.6 Å². The molecular formula is C28H28N2O6S. The summed E-state index contributed by atoms with van der Waals surface area (Å²) >= 11 is 0. The summed E-state index contributed by atoms with van der Waals surface area (Å²) in [6, 6.07) is 22.9. The molecule has 0 bridgehead atoms. The highest BCUT2D eigenvalue weighted by atomic mass is 32.2. The topological polar surface area (TPSA) is 114 Å². The Morgan fingerprint density at radius 1 is 1.03 bits per heavy atom. The van der Waals surface area contributed by atoms with Crippen LogP contribution in [0.25, 0.3) is 0 Å². The van der Waals surface area contributed by atoms with Gasteiger partial charge in [-0.1, -0.05) is 42.5 Å². The Balaban J connectivity index is 1.50. The number of hydrogen-bond acceptors (Lipinski definition) is 7. The van der Waals surface area contributed by atoms with Gasteiger partial charge in [-0.25, -0.2) is 13.4 Å². The first-order valence-electron chi connectivity index (χ1n) is 12.2. The predicted octanol–water partition coefficient (Wildman–Crippen LogP) is 3.20. The van der Waals surface area contributed by atoms with Crippen molar-refractivity contribution >= 4 is 21.6 Å². The zero-order valence-corrected chi connectivity index (χ0v) is 21.0. The molecule has 0 aromatic heterocycles. The zero-order valence-electron chi connectivity index (χ0n) is 20.2. The van der Waals surface area contributed by atoms with Gasteiger partial charge in [-0.2, -0.15) is 0 Å². The lowest BCUT2D eigenvalue weighted by Gasteiger charge is -2.28. The van der Waals surface area contributed by atoms with Crippen molar-refractivity contribution in [2.75, 3.05) is 19.0 Å². The monoisotopic (exact) mass is 520 g/mol. The van der Waals surface area contributed by atoms with Crippen molar-refractivity contribution in [1.29, 1.82) is 0 Å². The molecule has 0 aliphatic carbocycles. The molecule has 5 rings (SSSR count). The summed E-state index contributed by atoms with van der Waals surface area (Å²) in [6.45, 7) is 0.758. The van der Waals surface area contributed by atoms with Gasteiger partial charge in [0.1, 0.15) is 5.75 Å². The molecule has 2 N–H and O–H groups in total. The molecular weight excluding hydrogens is 492 g/mol. The molecule has 0 unspecified atom stereocenters. The second kappa shape index (κ2) is 10.4. The molecule has 1 amide bonds. The predicted molar refractivity (Wildman–Crippen MR) is 138 cm³/mol. The van der Waals surface area contributed by atoms with Gasteiger partial charge >= 0.3 is 0 Å². The van der Waals surface area contributed by atoms with Crippen LogP contribution in [0.2, 0.25) is 0 Å². The van der Waals surface area contributed by atoms with Gasteiger partial charge < -0.3 is 19.9 Å².